The fourth-order valence-electron chi connectivity index (χ4n) is 3.77. The van der Waals surface area contributed by atoms with Crippen LogP contribution in [0.1, 0.15) is 17.0 Å². The number of pyridine rings is 1. The monoisotopic (exact) mass is 448 g/mol. The molecule has 0 aliphatic heterocycles. The van der Waals surface area contributed by atoms with Crippen molar-refractivity contribution >= 4 is 33.9 Å². The Morgan fingerprint density at radius 3 is 2.78 bits per heavy atom. The molecule has 0 aliphatic carbocycles. The highest BCUT2D eigenvalue weighted by Crippen LogP contribution is 2.27. The van der Waals surface area contributed by atoms with Gasteiger partial charge in [0.15, 0.2) is 5.11 Å². The molecule has 4 rings (SSSR count). The van der Waals surface area contributed by atoms with Crippen molar-refractivity contribution < 1.29 is 9.13 Å². The molecule has 0 spiro atoms. The molecule has 0 atom stereocenters. The molecule has 2 N–H and O–H groups in total. The Labute approximate surface area is 192 Å². The summed E-state index contributed by atoms with van der Waals surface area (Å²) >= 11 is 5.70. The summed E-state index contributed by atoms with van der Waals surface area (Å²) in [5.41, 5.74) is 4.95. The minimum Gasteiger partial charge on any atom is -0.497 e. The van der Waals surface area contributed by atoms with Gasteiger partial charge in [-0.2, -0.15) is 0 Å². The third-order valence-electron chi connectivity index (χ3n) is 5.40. The highest BCUT2D eigenvalue weighted by atomic mass is 32.1. The highest BCUT2D eigenvalue weighted by molar-refractivity contribution is 7.80. The van der Waals surface area contributed by atoms with Crippen molar-refractivity contribution in [2.75, 3.05) is 19.0 Å². The van der Waals surface area contributed by atoms with Gasteiger partial charge in [-0.05, 0) is 79.7 Å². The smallest absolute Gasteiger partial charge is 0.173 e. The maximum atomic E-state index is 13.6. The molecule has 0 fully saturated rings. The molecule has 0 amide bonds. The molecule has 7 heteroatoms. The van der Waals surface area contributed by atoms with Crippen molar-refractivity contribution in [1.29, 1.82) is 0 Å². The number of nitrogens with one attached hydrogen (secondary N) is 2. The number of H-pyrrole nitrogens is 1. The number of rotatable bonds is 7. The van der Waals surface area contributed by atoms with Crippen molar-refractivity contribution in [1.82, 2.24) is 14.9 Å². The quantitative estimate of drug-likeness (QED) is 0.368. The Hall–Kier alpha value is -3.45. The van der Waals surface area contributed by atoms with Gasteiger partial charge in [0.05, 0.1) is 19.3 Å². The zero-order chi connectivity index (χ0) is 22.5. The summed E-state index contributed by atoms with van der Waals surface area (Å²) in [6, 6.07) is 18.2. The highest BCUT2D eigenvalue weighted by Gasteiger charge is 2.15. The van der Waals surface area contributed by atoms with Gasteiger partial charge < -0.3 is 19.9 Å². The van der Waals surface area contributed by atoms with E-state index in [-0.39, 0.29) is 5.82 Å². The van der Waals surface area contributed by atoms with E-state index in [4.69, 9.17) is 17.0 Å². The molecule has 0 radical (unpaired) electrons. The van der Waals surface area contributed by atoms with Gasteiger partial charge in [-0.3, -0.25) is 4.98 Å². The normalized spacial score (nSPS) is 10.8. The van der Waals surface area contributed by atoms with Crippen LogP contribution in [0.5, 0.6) is 5.75 Å². The van der Waals surface area contributed by atoms with Crippen LogP contribution in [0.15, 0.2) is 66.9 Å². The predicted molar refractivity (Wildman–Crippen MR) is 131 cm³/mol. The molecule has 4 aromatic rings. The molecular formula is C25H25FN4OS. The zero-order valence-electron chi connectivity index (χ0n) is 18.1. The summed E-state index contributed by atoms with van der Waals surface area (Å²) in [5, 5.41) is 4.83. The van der Waals surface area contributed by atoms with Gasteiger partial charge in [-0.1, -0.05) is 12.1 Å². The lowest BCUT2D eigenvalue weighted by Crippen LogP contribution is -2.36. The Kier molecular flexibility index (Phi) is 6.66. The fourth-order valence-corrected chi connectivity index (χ4v) is 4.04. The van der Waals surface area contributed by atoms with Crippen LogP contribution in [0.25, 0.3) is 10.9 Å². The molecule has 32 heavy (non-hydrogen) atoms. The van der Waals surface area contributed by atoms with Crippen LogP contribution in [0.4, 0.5) is 10.1 Å². The second kappa shape index (κ2) is 9.78. The number of methoxy groups -OCH3 is 1. The number of aromatic nitrogens is 2. The maximum absolute atomic E-state index is 13.6. The number of thiocarbonyl (C=S) groups is 1. The summed E-state index contributed by atoms with van der Waals surface area (Å²) in [5.74, 6) is 0.517. The lowest BCUT2D eigenvalue weighted by molar-refractivity contribution is 0.414. The molecule has 2 aromatic heterocycles. The van der Waals surface area contributed by atoms with Crippen molar-refractivity contribution in [2.45, 2.75) is 19.9 Å². The van der Waals surface area contributed by atoms with Crippen molar-refractivity contribution in [2.24, 2.45) is 0 Å². The lowest BCUT2D eigenvalue weighted by Gasteiger charge is -2.26. The van der Waals surface area contributed by atoms with Crippen LogP contribution in [0.3, 0.4) is 0 Å². The first kappa shape index (κ1) is 21.8. The minimum absolute atomic E-state index is 0.308. The largest absolute Gasteiger partial charge is 0.497 e. The number of anilines is 1. The summed E-state index contributed by atoms with van der Waals surface area (Å²) in [7, 11) is 1.67. The Morgan fingerprint density at radius 2 is 2.03 bits per heavy atom. The Balaban J connectivity index is 1.57. The number of ether oxygens (including phenoxy) is 1. The van der Waals surface area contributed by atoms with Crippen LogP contribution in [0.2, 0.25) is 0 Å². The average molecular weight is 449 g/mol. The molecule has 2 aromatic carbocycles. The number of nitrogens with zero attached hydrogens (tertiary/aromatic N) is 2. The number of benzene rings is 2. The minimum atomic E-state index is -0.308. The van der Waals surface area contributed by atoms with Gasteiger partial charge in [0.1, 0.15) is 11.6 Å². The maximum Gasteiger partial charge on any atom is 0.173 e. The molecular weight excluding hydrogens is 423 g/mol. The average Bonchev–Trinajstić information content (AvgIpc) is 3.11. The van der Waals surface area contributed by atoms with Gasteiger partial charge in [-0.25, -0.2) is 4.39 Å². The van der Waals surface area contributed by atoms with E-state index < -0.39 is 0 Å². The fraction of sp³-hybridized carbons (Fsp3) is 0.200. The molecule has 5 nitrogen and oxygen atoms in total. The standard InChI is InChI=1S/C25H25FN4OS/c1-17-22(23-15-21(31-2)9-10-24(23)28-17)11-13-30(16-20-7-3-4-12-27-20)25(32)29-19-8-5-6-18(26)14-19/h3-10,12,14-15,28H,11,13,16H2,1-2H3,(H,29,32). The van der Waals surface area contributed by atoms with Gasteiger partial charge >= 0.3 is 0 Å². The van der Waals surface area contributed by atoms with Crippen molar-refractivity contribution in [3.8, 4) is 5.75 Å². The third kappa shape index (κ3) is 5.06. The van der Waals surface area contributed by atoms with Gasteiger partial charge in [0.25, 0.3) is 0 Å². The van der Waals surface area contributed by atoms with Gasteiger partial charge in [0.2, 0.25) is 0 Å². The van der Waals surface area contributed by atoms with E-state index in [1.807, 2.05) is 30.3 Å². The van der Waals surface area contributed by atoms with Crippen LogP contribution in [0, 0.1) is 12.7 Å². The summed E-state index contributed by atoms with van der Waals surface area (Å²) in [6.45, 7) is 3.30. The second-order valence-corrected chi connectivity index (χ2v) is 7.96. The molecule has 0 unspecified atom stereocenters. The van der Waals surface area contributed by atoms with E-state index in [0.29, 0.717) is 23.9 Å². The Morgan fingerprint density at radius 1 is 1.16 bits per heavy atom. The number of halogens is 1. The molecule has 164 valence electrons. The summed E-state index contributed by atoms with van der Waals surface area (Å²) in [6.07, 6.45) is 2.55. The van der Waals surface area contributed by atoms with Crippen LogP contribution in [-0.4, -0.2) is 33.6 Å². The van der Waals surface area contributed by atoms with E-state index in [2.05, 4.69) is 33.2 Å². The predicted octanol–water partition coefficient (Wildman–Crippen LogP) is 5.46. The number of fused-ring (bicyclic) bond motifs is 1. The Bertz CT molecular complexity index is 1230. The number of hydrogen-bond donors (Lipinski definition) is 2. The molecule has 0 aliphatic rings. The molecule has 0 saturated heterocycles. The number of aryl methyl sites for hydroxylation is 1. The zero-order valence-corrected chi connectivity index (χ0v) is 18.9. The van der Waals surface area contributed by atoms with E-state index in [1.54, 1.807) is 25.4 Å². The van der Waals surface area contributed by atoms with Gasteiger partial charge in [-0.15, -0.1) is 0 Å². The van der Waals surface area contributed by atoms with Crippen LogP contribution < -0.4 is 10.1 Å². The molecule has 0 bridgehead atoms. The first-order chi connectivity index (χ1) is 15.5. The van der Waals surface area contributed by atoms with Crippen molar-refractivity contribution in [3.63, 3.8) is 0 Å². The van der Waals surface area contributed by atoms with Gasteiger partial charge in [0, 0.05) is 35.0 Å². The summed E-state index contributed by atoms with van der Waals surface area (Å²) in [4.78, 5) is 9.95. The van der Waals surface area contributed by atoms with Crippen LogP contribution >= 0.6 is 12.2 Å². The van der Waals surface area contributed by atoms with E-state index in [0.717, 1.165) is 34.5 Å². The van der Waals surface area contributed by atoms with E-state index in [9.17, 15) is 4.39 Å². The number of aromatic amines is 1. The number of hydrogen-bond acceptors (Lipinski definition) is 3. The third-order valence-corrected chi connectivity index (χ3v) is 5.76. The van der Waals surface area contributed by atoms with E-state index in [1.165, 1.54) is 17.7 Å². The first-order valence-electron chi connectivity index (χ1n) is 10.4. The lowest BCUT2D eigenvalue weighted by atomic mass is 10.1. The SMILES string of the molecule is COc1ccc2[nH]c(C)c(CCN(Cc3ccccn3)C(=S)Nc3cccc(F)c3)c2c1. The first-order valence-corrected chi connectivity index (χ1v) is 10.8. The summed E-state index contributed by atoms with van der Waals surface area (Å²) < 4.78 is 19.0. The van der Waals surface area contributed by atoms with Crippen molar-refractivity contribution in [3.05, 3.63) is 89.6 Å². The second-order valence-electron chi connectivity index (χ2n) is 7.57. The topological polar surface area (TPSA) is 53.2 Å². The molecule has 2 heterocycles. The molecule has 0 saturated carbocycles. The van der Waals surface area contributed by atoms with E-state index >= 15 is 0 Å². The van der Waals surface area contributed by atoms with Crippen LogP contribution in [-0.2, 0) is 13.0 Å².